The second-order valence-corrected chi connectivity index (χ2v) is 3.85. The molecule has 0 atom stereocenters. The van der Waals surface area contributed by atoms with Crippen LogP contribution in [0.1, 0.15) is 16.1 Å². The molecule has 4 nitrogen and oxygen atoms in total. The molecule has 0 fully saturated rings. The van der Waals surface area contributed by atoms with E-state index in [9.17, 15) is 4.79 Å². The Kier molecular flexibility index (Phi) is 2.03. The van der Waals surface area contributed by atoms with Gasteiger partial charge >= 0.3 is 5.97 Å². The quantitative estimate of drug-likeness (QED) is 0.848. The predicted molar refractivity (Wildman–Crippen MR) is 54.6 cm³/mol. The Morgan fingerprint density at radius 1 is 1.57 bits per heavy atom. The van der Waals surface area contributed by atoms with Gasteiger partial charge in [0.25, 0.3) is 0 Å². The van der Waals surface area contributed by atoms with Gasteiger partial charge in [0.2, 0.25) is 0 Å². The number of fused-ring (bicyclic) bond motifs is 1. The SMILES string of the molecule is Cc1cn2cc(C(=O)O)cc(Br)c2n1. The lowest BCUT2D eigenvalue weighted by Crippen LogP contribution is -1.99. The number of hydrogen-bond donors (Lipinski definition) is 1. The molecule has 14 heavy (non-hydrogen) atoms. The van der Waals surface area contributed by atoms with Gasteiger partial charge in [-0.25, -0.2) is 9.78 Å². The van der Waals surface area contributed by atoms with Gasteiger partial charge < -0.3 is 9.51 Å². The van der Waals surface area contributed by atoms with Gasteiger partial charge in [0.1, 0.15) is 0 Å². The number of nitrogens with zero attached hydrogens (tertiary/aromatic N) is 2. The summed E-state index contributed by atoms with van der Waals surface area (Å²) in [5, 5.41) is 8.82. The molecule has 2 heterocycles. The second-order valence-electron chi connectivity index (χ2n) is 3.00. The van der Waals surface area contributed by atoms with E-state index in [-0.39, 0.29) is 5.56 Å². The van der Waals surface area contributed by atoms with Crippen molar-refractivity contribution in [2.24, 2.45) is 0 Å². The molecule has 0 unspecified atom stereocenters. The number of carboxylic acids is 1. The largest absolute Gasteiger partial charge is 0.478 e. The highest BCUT2D eigenvalue weighted by molar-refractivity contribution is 9.10. The fourth-order valence-electron chi connectivity index (χ4n) is 1.30. The molecule has 0 spiro atoms. The third-order valence-corrected chi connectivity index (χ3v) is 2.46. The Hall–Kier alpha value is -1.36. The van der Waals surface area contributed by atoms with Crippen molar-refractivity contribution >= 4 is 27.5 Å². The van der Waals surface area contributed by atoms with E-state index in [4.69, 9.17) is 5.11 Å². The Balaban J connectivity index is 2.77. The summed E-state index contributed by atoms with van der Waals surface area (Å²) in [6.07, 6.45) is 3.33. The molecule has 0 bridgehead atoms. The first-order chi connectivity index (χ1) is 6.58. The minimum absolute atomic E-state index is 0.238. The third kappa shape index (κ3) is 1.39. The highest BCUT2D eigenvalue weighted by Crippen LogP contribution is 2.19. The van der Waals surface area contributed by atoms with Crippen molar-refractivity contribution in [1.82, 2.24) is 9.38 Å². The van der Waals surface area contributed by atoms with Crippen molar-refractivity contribution in [3.05, 3.63) is 34.2 Å². The first-order valence-electron chi connectivity index (χ1n) is 3.96. The van der Waals surface area contributed by atoms with Crippen molar-refractivity contribution < 1.29 is 9.90 Å². The van der Waals surface area contributed by atoms with E-state index >= 15 is 0 Å². The summed E-state index contributed by atoms with van der Waals surface area (Å²) in [5.41, 5.74) is 1.82. The van der Waals surface area contributed by atoms with Crippen LogP contribution in [0.3, 0.4) is 0 Å². The number of aryl methyl sites for hydroxylation is 1. The fraction of sp³-hybridized carbons (Fsp3) is 0.111. The van der Waals surface area contributed by atoms with Gasteiger partial charge in [-0.1, -0.05) is 0 Å². The van der Waals surface area contributed by atoms with Crippen LogP contribution in [0.15, 0.2) is 22.9 Å². The predicted octanol–water partition coefficient (Wildman–Crippen LogP) is 2.10. The molecule has 72 valence electrons. The monoisotopic (exact) mass is 254 g/mol. The van der Waals surface area contributed by atoms with Gasteiger partial charge in [0.05, 0.1) is 15.7 Å². The van der Waals surface area contributed by atoms with E-state index in [0.717, 1.165) is 11.3 Å². The zero-order valence-corrected chi connectivity index (χ0v) is 8.95. The summed E-state index contributed by atoms with van der Waals surface area (Å²) in [5.74, 6) is -0.945. The molecule has 0 amide bonds. The number of aromatic carboxylic acids is 1. The number of carbonyl (C=O) groups is 1. The number of rotatable bonds is 1. The van der Waals surface area contributed by atoms with Gasteiger partial charge in [-0.3, -0.25) is 0 Å². The lowest BCUT2D eigenvalue weighted by atomic mass is 10.3. The highest BCUT2D eigenvalue weighted by Gasteiger charge is 2.08. The van der Waals surface area contributed by atoms with E-state index in [1.807, 2.05) is 6.92 Å². The summed E-state index contributed by atoms with van der Waals surface area (Å²) in [6.45, 7) is 1.86. The van der Waals surface area contributed by atoms with E-state index in [1.54, 1.807) is 22.9 Å². The van der Waals surface area contributed by atoms with Crippen molar-refractivity contribution in [2.75, 3.05) is 0 Å². The van der Waals surface area contributed by atoms with Crippen LogP contribution >= 0.6 is 15.9 Å². The molecule has 0 aliphatic carbocycles. The Bertz CT molecular complexity index is 519. The zero-order chi connectivity index (χ0) is 10.3. The average molecular weight is 255 g/mol. The maximum Gasteiger partial charge on any atom is 0.337 e. The number of aromatic nitrogens is 2. The molecule has 2 aromatic heterocycles. The zero-order valence-electron chi connectivity index (χ0n) is 7.36. The summed E-state index contributed by atoms with van der Waals surface area (Å²) < 4.78 is 2.38. The molecule has 5 heteroatoms. The molecule has 0 saturated carbocycles. The standard InChI is InChI=1S/C9H7BrN2O2/c1-5-3-12-4-6(9(13)14)2-7(10)8(12)11-5/h2-4H,1H3,(H,13,14). The first-order valence-corrected chi connectivity index (χ1v) is 4.75. The summed E-state index contributed by atoms with van der Waals surface area (Å²) >= 11 is 3.28. The van der Waals surface area contributed by atoms with E-state index in [0.29, 0.717) is 4.47 Å². The normalized spacial score (nSPS) is 10.7. The van der Waals surface area contributed by atoms with Gasteiger partial charge in [0.15, 0.2) is 5.65 Å². The molecule has 1 N–H and O–H groups in total. The van der Waals surface area contributed by atoms with E-state index in [1.165, 1.54) is 0 Å². The number of pyridine rings is 1. The van der Waals surface area contributed by atoms with Crippen LogP contribution in [-0.2, 0) is 0 Å². The molecule has 0 aromatic carbocycles. The summed E-state index contributed by atoms with van der Waals surface area (Å²) in [7, 11) is 0. The fourth-order valence-corrected chi connectivity index (χ4v) is 1.84. The highest BCUT2D eigenvalue weighted by atomic mass is 79.9. The van der Waals surface area contributed by atoms with Crippen LogP contribution in [0.2, 0.25) is 0 Å². The van der Waals surface area contributed by atoms with Crippen LogP contribution in [0.4, 0.5) is 0 Å². The molecule has 2 aromatic rings. The van der Waals surface area contributed by atoms with Crippen LogP contribution in [0, 0.1) is 6.92 Å². The summed E-state index contributed by atoms with van der Waals surface area (Å²) in [4.78, 5) is 15.0. The van der Waals surface area contributed by atoms with Gasteiger partial charge in [-0.2, -0.15) is 0 Å². The van der Waals surface area contributed by atoms with E-state index in [2.05, 4.69) is 20.9 Å². The Labute approximate surface area is 88.3 Å². The van der Waals surface area contributed by atoms with Crippen molar-refractivity contribution in [1.29, 1.82) is 0 Å². The number of hydrogen-bond acceptors (Lipinski definition) is 2. The van der Waals surface area contributed by atoms with Crippen molar-refractivity contribution in [2.45, 2.75) is 6.92 Å². The van der Waals surface area contributed by atoms with Crippen molar-refractivity contribution in [3.8, 4) is 0 Å². The topological polar surface area (TPSA) is 54.6 Å². The van der Waals surface area contributed by atoms with Gasteiger partial charge in [-0.05, 0) is 28.9 Å². The molecule has 0 aliphatic heterocycles. The lowest BCUT2D eigenvalue weighted by Gasteiger charge is -1.98. The van der Waals surface area contributed by atoms with Gasteiger partial charge in [-0.15, -0.1) is 0 Å². The first kappa shape index (κ1) is 9.21. The molecular formula is C9H7BrN2O2. The molecule has 0 aliphatic rings. The summed E-state index contributed by atoms with van der Waals surface area (Å²) in [6, 6.07) is 1.55. The Morgan fingerprint density at radius 3 is 2.93 bits per heavy atom. The smallest absolute Gasteiger partial charge is 0.337 e. The Morgan fingerprint density at radius 2 is 2.29 bits per heavy atom. The van der Waals surface area contributed by atoms with Gasteiger partial charge in [0, 0.05) is 12.4 Å². The third-order valence-electron chi connectivity index (χ3n) is 1.87. The number of imidazole rings is 1. The van der Waals surface area contributed by atoms with Crippen LogP contribution in [-0.4, -0.2) is 20.5 Å². The second kappa shape index (κ2) is 3.09. The van der Waals surface area contributed by atoms with Crippen LogP contribution in [0.5, 0.6) is 0 Å². The van der Waals surface area contributed by atoms with Crippen LogP contribution < -0.4 is 0 Å². The lowest BCUT2D eigenvalue weighted by molar-refractivity contribution is 0.0696. The minimum Gasteiger partial charge on any atom is -0.478 e. The minimum atomic E-state index is -0.945. The van der Waals surface area contributed by atoms with Crippen molar-refractivity contribution in [3.63, 3.8) is 0 Å². The number of carboxylic acid groups (broad SMARTS) is 1. The average Bonchev–Trinajstić information content (AvgIpc) is 2.45. The maximum absolute atomic E-state index is 10.7. The molecule has 2 rings (SSSR count). The maximum atomic E-state index is 10.7. The molecule has 0 saturated heterocycles. The molecule has 0 radical (unpaired) electrons. The molecular weight excluding hydrogens is 248 g/mol. The van der Waals surface area contributed by atoms with E-state index < -0.39 is 5.97 Å². The number of halogens is 1. The van der Waals surface area contributed by atoms with Crippen LogP contribution in [0.25, 0.3) is 5.65 Å².